The summed E-state index contributed by atoms with van der Waals surface area (Å²) in [5, 5.41) is 3.21. The molecule has 3 rings (SSSR count). The van der Waals surface area contributed by atoms with Gasteiger partial charge in [0, 0.05) is 23.3 Å². The van der Waals surface area contributed by atoms with Gasteiger partial charge in [-0.3, -0.25) is 0 Å². The topological polar surface area (TPSA) is 84.9 Å². The second-order valence-corrected chi connectivity index (χ2v) is 10.2. The Balaban J connectivity index is 1.87. The van der Waals surface area contributed by atoms with E-state index in [2.05, 4.69) is 5.32 Å². The first-order valence-corrected chi connectivity index (χ1v) is 12.7. The van der Waals surface area contributed by atoms with Crippen LogP contribution >= 0.6 is 11.6 Å². The summed E-state index contributed by atoms with van der Waals surface area (Å²) < 4.78 is 75.1. The Labute approximate surface area is 217 Å². The predicted octanol–water partition coefficient (Wildman–Crippen LogP) is 6.58. The highest BCUT2D eigenvalue weighted by molar-refractivity contribution is 7.87. The molecule has 0 bridgehead atoms. The molecule has 2 amide bonds. The smallest absolute Gasteiger partial charge is 0.416 e. The van der Waals surface area contributed by atoms with Gasteiger partial charge in [0.05, 0.1) is 12.7 Å². The first-order chi connectivity index (χ1) is 17.3. The Hall–Kier alpha value is -3.44. The minimum atomic E-state index is -4.73. The molecule has 0 aliphatic carbocycles. The molecule has 0 aromatic heterocycles. The Bertz CT molecular complexity index is 1380. The number of carbonyl (C=O) groups excluding carboxylic acids is 1. The van der Waals surface area contributed by atoms with Crippen molar-refractivity contribution in [2.24, 2.45) is 0 Å². The highest BCUT2D eigenvalue weighted by Gasteiger charge is 2.32. The van der Waals surface area contributed by atoms with Gasteiger partial charge in [-0.25, -0.2) is 4.79 Å². The summed E-state index contributed by atoms with van der Waals surface area (Å²) in [6.07, 6.45) is -4.73. The van der Waals surface area contributed by atoms with Crippen LogP contribution in [0.1, 0.15) is 25.0 Å². The quantitative estimate of drug-likeness (QED) is 0.317. The molecule has 0 aliphatic rings. The lowest BCUT2D eigenvalue weighted by Crippen LogP contribution is -2.39. The molecule has 1 N–H and O–H groups in total. The minimum absolute atomic E-state index is 0.0405. The van der Waals surface area contributed by atoms with Gasteiger partial charge in [-0.05, 0) is 67.9 Å². The first-order valence-electron chi connectivity index (χ1n) is 10.9. The fraction of sp³-hybridized carbons (Fsp3) is 0.240. The Morgan fingerprint density at radius 3 is 2.35 bits per heavy atom. The maximum atomic E-state index is 13.1. The predicted molar refractivity (Wildman–Crippen MR) is 133 cm³/mol. The molecule has 0 saturated carbocycles. The second kappa shape index (κ2) is 11.3. The van der Waals surface area contributed by atoms with Crippen molar-refractivity contribution in [3.63, 3.8) is 0 Å². The lowest BCUT2D eigenvalue weighted by Gasteiger charge is -2.27. The minimum Gasteiger partial charge on any atom is -0.493 e. The Kier molecular flexibility index (Phi) is 8.60. The number of hydrogen-bond acceptors (Lipinski definition) is 5. The number of halogens is 4. The highest BCUT2D eigenvalue weighted by Crippen LogP contribution is 2.34. The summed E-state index contributed by atoms with van der Waals surface area (Å²) in [4.78, 5) is 13.8. The van der Waals surface area contributed by atoms with Crippen molar-refractivity contribution >= 4 is 33.4 Å². The van der Waals surface area contributed by atoms with E-state index >= 15 is 0 Å². The molecule has 0 atom stereocenters. The molecular weight excluding hydrogens is 533 g/mol. The van der Waals surface area contributed by atoms with E-state index in [4.69, 9.17) is 20.5 Å². The molecule has 0 aliphatic heterocycles. The monoisotopic (exact) mass is 556 g/mol. The van der Waals surface area contributed by atoms with Gasteiger partial charge in [0.2, 0.25) is 0 Å². The standard InChI is InChI=1S/C25H24ClF3N2O5S/c1-16(2)31(24(32)30-20-8-5-7-19(26)14-20)15-17-10-11-22(35-3)23(12-17)36-37(33,34)21-9-4-6-18(13-21)25(27,28)29/h4-14,16H,15H2,1-3H3,(H,30,32). The normalized spacial score (nSPS) is 11.8. The van der Waals surface area contributed by atoms with Crippen molar-refractivity contribution in [3.8, 4) is 11.5 Å². The molecule has 0 heterocycles. The number of nitrogens with one attached hydrogen (secondary N) is 1. The number of hydrogen-bond donors (Lipinski definition) is 1. The van der Waals surface area contributed by atoms with Crippen LogP contribution in [0.2, 0.25) is 5.02 Å². The molecule has 198 valence electrons. The van der Waals surface area contributed by atoms with Crippen molar-refractivity contribution in [1.29, 1.82) is 0 Å². The molecule has 7 nitrogen and oxygen atoms in total. The zero-order valence-corrected chi connectivity index (χ0v) is 21.6. The van der Waals surface area contributed by atoms with Crippen LogP contribution in [0.15, 0.2) is 71.6 Å². The number of urea groups is 1. The van der Waals surface area contributed by atoms with E-state index in [1.807, 2.05) is 0 Å². The van der Waals surface area contributed by atoms with Crippen LogP contribution in [0.4, 0.5) is 23.7 Å². The third-order valence-electron chi connectivity index (χ3n) is 5.19. The van der Waals surface area contributed by atoms with Crippen molar-refractivity contribution in [1.82, 2.24) is 4.90 Å². The number of methoxy groups -OCH3 is 1. The van der Waals surface area contributed by atoms with Crippen molar-refractivity contribution in [3.05, 3.63) is 82.9 Å². The summed E-state index contributed by atoms with van der Waals surface area (Å²) in [6.45, 7) is 3.67. The number of ether oxygens (including phenoxy) is 1. The number of carbonyl (C=O) groups is 1. The third-order valence-corrected chi connectivity index (χ3v) is 6.66. The number of benzene rings is 3. The van der Waals surface area contributed by atoms with E-state index in [1.54, 1.807) is 44.2 Å². The molecule has 0 unspecified atom stereocenters. The lowest BCUT2D eigenvalue weighted by molar-refractivity contribution is -0.137. The van der Waals surface area contributed by atoms with Gasteiger partial charge in [-0.2, -0.15) is 21.6 Å². The van der Waals surface area contributed by atoms with Gasteiger partial charge in [-0.15, -0.1) is 0 Å². The van der Waals surface area contributed by atoms with Crippen molar-refractivity contribution in [2.75, 3.05) is 12.4 Å². The summed E-state index contributed by atoms with van der Waals surface area (Å²) in [5.74, 6) is -0.199. The number of nitrogens with zero attached hydrogens (tertiary/aromatic N) is 1. The summed E-state index contributed by atoms with van der Waals surface area (Å²) in [6, 6.07) is 13.6. The van der Waals surface area contributed by atoms with Crippen molar-refractivity contribution < 1.29 is 35.3 Å². The van der Waals surface area contributed by atoms with Crippen LogP contribution in [0.5, 0.6) is 11.5 Å². The molecule has 0 radical (unpaired) electrons. The van der Waals surface area contributed by atoms with Crippen LogP contribution in [-0.4, -0.2) is 32.5 Å². The molecule has 0 saturated heterocycles. The molecule has 3 aromatic rings. The van der Waals surface area contributed by atoms with Crippen LogP contribution < -0.4 is 14.2 Å². The van der Waals surface area contributed by atoms with E-state index in [9.17, 15) is 26.4 Å². The summed E-state index contributed by atoms with van der Waals surface area (Å²) in [7, 11) is -3.35. The fourth-order valence-electron chi connectivity index (χ4n) is 3.33. The number of alkyl halides is 3. The van der Waals surface area contributed by atoms with Gasteiger partial charge in [0.1, 0.15) is 4.90 Å². The molecule has 0 fully saturated rings. The van der Waals surface area contributed by atoms with Crippen LogP contribution in [0.3, 0.4) is 0 Å². The van der Waals surface area contributed by atoms with Gasteiger partial charge < -0.3 is 19.1 Å². The zero-order chi connectivity index (χ0) is 27.4. The van der Waals surface area contributed by atoms with Crippen LogP contribution in [0, 0.1) is 0 Å². The van der Waals surface area contributed by atoms with Gasteiger partial charge in [-0.1, -0.05) is 29.8 Å². The second-order valence-electron chi connectivity index (χ2n) is 8.21. The van der Waals surface area contributed by atoms with Gasteiger partial charge >= 0.3 is 22.3 Å². The number of rotatable bonds is 8. The number of amides is 2. The largest absolute Gasteiger partial charge is 0.493 e. The first kappa shape index (κ1) is 28.1. The maximum Gasteiger partial charge on any atom is 0.416 e. The number of anilines is 1. The van der Waals surface area contributed by atoms with Gasteiger partial charge in [0.25, 0.3) is 0 Å². The zero-order valence-electron chi connectivity index (χ0n) is 20.0. The Morgan fingerprint density at radius 2 is 1.73 bits per heavy atom. The average Bonchev–Trinajstić information content (AvgIpc) is 2.82. The summed E-state index contributed by atoms with van der Waals surface area (Å²) >= 11 is 5.98. The highest BCUT2D eigenvalue weighted by atomic mass is 35.5. The average molecular weight is 557 g/mol. The fourth-order valence-corrected chi connectivity index (χ4v) is 4.50. The van der Waals surface area contributed by atoms with Crippen LogP contribution in [0.25, 0.3) is 0 Å². The van der Waals surface area contributed by atoms with Gasteiger partial charge in [0.15, 0.2) is 11.5 Å². The van der Waals surface area contributed by atoms with E-state index < -0.39 is 32.8 Å². The lowest BCUT2D eigenvalue weighted by atomic mass is 10.1. The Morgan fingerprint density at radius 1 is 1.03 bits per heavy atom. The molecular formula is C25H24ClF3N2O5S. The summed E-state index contributed by atoms with van der Waals surface area (Å²) in [5.41, 5.74) is -0.143. The molecule has 37 heavy (non-hydrogen) atoms. The SMILES string of the molecule is COc1ccc(CN(C(=O)Nc2cccc(Cl)c2)C(C)C)cc1OS(=O)(=O)c1cccc(C(F)(F)F)c1. The molecule has 0 spiro atoms. The van der Waals surface area contributed by atoms with E-state index in [0.29, 0.717) is 22.3 Å². The van der Waals surface area contributed by atoms with E-state index in [1.165, 1.54) is 24.1 Å². The third kappa shape index (κ3) is 7.30. The molecule has 12 heteroatoms. The van der Waals surface area contributed by atoms with E-state index in [0.717, 1.165) is 18.2 Å². The maximum absolute atomic E-state index is 13.1. The van der Waals surface area contributed by atoms with E-state index in [-0.39, 0.29) is 24.1 Å². The molecule has 3 aromatic carbocycles. The van der Waals surface area contributed by atoms with Crippen molar-refractivity contribution in [2.45, 2.75) is 37.5 Å². The van der Waals surface area contributed by atoms with Crippen LogP contribution in [-0.2, 0) is 22.8 Å².